The average Bonchev–Trinajstić information content (AvgIpc) is 2.03. The number of phenolic OH excluding ortho intramolecular Hbond substituents is 1. The van der Waals surface area contributed by atoms with Gasteiger partial charge in [-0.2, -0.15) is 0 Å². The molecule has 0 saturated heterocycles. The Balaban J connectivity index is 2.89. The molecule has 0 saturated carbocycles. The summed E-state index contributed by atoms with van der Waals surface area (Å²) in [6.07, 6.45) is 0. The van der Waals surface area contributed by atoms with Gasteiger partial charge in [-0.1, -0.05) is 0 Å². The zero-order valence-corrected chi connectivity index (χ0v) is 7.07. The third-order valence-corrected chi connectivity index (χ3v) is 1.45. The molecule has 1 rings (SSSR count). The van der Waals surface area contributed by atoms with Crippen LogP contribution in [0, 0.1) is 0 Å². The number of anilines is 1. The van der Waals surface area contributed by atoms with Gasteiger partial charge in [0.05, 0.1) is 7.11 Å². The highest BCUT2D eigenvalue weighted by atomic mass is 16.5. The summed E-state index contributed by atoms with van der Waals surface area (Å²) in [5.41, 5.74) is 5.30. The quantitative estimate of drug-likeness (QED) is 0.635. The largest absolute Gasteiger partial charge is 0.504 e. The van der Waals surface area contributed by atoms with Crippen LogP contribution in [0.15, 0.2) is 18.2 Å². The molecular formula is C8H10N2O3. The second-order valence-electron chi connectivity index (χ2n) is 2.38. The van der Waals surface area contributed by atoms with Crippen LogP contribution in [0.1, 0.15) is 0 Å². The van der Waals surface area contributed by atoms with E-state index in [1.54, 1.807) is 6.07 Å². The molecular weight excluding hydrogens is 172 g/mol. The minimum atomic E-state index is -0.676. The normalized spacial score (nSPS) is 9.31. The molecule has 0 spiro atoms. The lowest BCUT2D eigenvalue weighted by molar-refractivity contribution is 0.259. The number of phenols is 1. The molecule has 1 aromatic carbocycles. The summed E-state index contributed by atoms with van der Waals surface area (Å²) in [5.74, 6) is 0.295. The van der Waals surface area contributed by atoms with Crippen LogP contribution < -0.4 is 15.8 Å². The molecule has 0 atom stereocenters. The van der Waals surface area contributed by atoms with Crippen molar-refractivity contribution in [2.45, 2.75) is 0 Å². The van der Waals surface area contributed by atoms with Gasteiger partial charge in [0, 0.05) is 11.8 Å². The van der Waals surface area contributed by atoms with Gasteiger partial charge in [0.2, 0.25) is 0 Å². The number of benzene rings is 1. The fourth-order valence-corrected chi connectivity index (χ4v) is 0.910. The molecule has 0 unspecified atom stereocenters. The fraction of sp³-hybridized carbons (Fsp3) is 0.125. The Labute approximate surface area is 75.1 Å². The van der Waals surface area contributed by atoms with Crippen molar-refractivity contribution < 1.29 is 14.6 Å². The zero-order chi connectivity index (χ0) is 9.84. The average molecular weight is 182 g/mol. The highest BCUT2D eigenvalue weighted by molar-refractivity contribution is 5.88. The Bertz CT molecular complexity index is 325. The smallest absolute Gasteiger partial charge is 0.316 e. The standard InChI is InChI=1S/C8H10N2O3/c1-13-7-3-2-5(4-6(7)11)10-8(9)12/h2-4,11H,1H3,(H3,9,10,12). The van der Waals surface area contributed by atoms with Gasteiger partial charge in [-0.05, 0) is 12.1 Å². The van der Waals surface area contributed by atoms with E-state index in [2.05, 4.69) is 5.32 Å². The maximum Gasteiger partial charge on any atom is 0.316 e. The molecule has 1 aromatic rings. The number of carbonyl (C=O) groups excluding carboxylic acids is 1. The maximum atomic E-state index is 10.4. The molecule has 5 nitrogen and oxygen atoms in total. The number of urea groups is 1. The first-order chi connectivity index (χ1) is 6.13. The van der Waals surface area contributed by atoms with Crippen LogP contribution in [0.25, 0.3) is 0 Å². The summed E-state index contributed by atoms with van der Waals surface area (Å²) in [7, 11) is 1.44. The number of aromatic hydroxyl groups is 1. The molecule has 0 aromatic heterocycles. The van der Waals surface area contributed by atoms with Gasteiger partial charge in [0.25, 0.3) is 0 Å². The second-order valence-corrected chi connectivity index (χ2v) is 2.38. The molecule has 0 radical (unpaired) electrons. The van der Waals surface area contributed by atoms with Crippen molar-refractivity contribution >= 4 is 11.7 Å². The predicted molar refractivity (Wildman–Crippen MR) is 47.9 cm³/mol. The van der Waals surface area contributed by atoms with Gasteiger partial charge >= 0.3 is 6.03 Å². The number of ether oxygens (including phenoxy) is 1. The number of hydrogen-bond acceptors (Lipinski definition) is 3. The van der Waals surface area contributed by atoms with Crippen molar-refractivity contribution in [3.63, 3.8) is 0 Å². The third kappa shape index (κ3) is 2.26. The number of amides is 2. The molecule has 0 aliphatic carbocycles. The first-order valence-corrected chi connectivity index (χ1v) is 3.57. The molecule has 2 amide bonds. The number of rotatable bonds is 2. The van der Waals surface area contributed by atoms with E-state index in [1.807, 2.05) is 0 Å². The lowest BCUT2D eigenvalue weighted by atomic mass is 10.3. The molecule has 13 heavy (non-hydrogen) atoms. The Morgan fingerprint density at radius 3 is 2.77 bits per heavy atom. The predicted octanol–water partition coefficient (Wildman–Crippen LogP) is 0.891. The number of hydrogen-bond donors (Lipinski definition) is 3. The highest BCUT2D eigenvalue weighted by Gasteiger charge is 2.02. The van der Waals surface area contributed by atoms with E-state index in [9.17, 15) is 9.90 Å². The van der Waals surface area contributed by atoms with Gasteiger partial charge in [-0.25, -0.2) is 4.79 Å². The molecule has 70 valence electrons. The fourth-order valence-electron chi connectivity index (χ4n) is 0.910. The van der Waals surface area contributed by atoms with Crippen LogP contribution in [0.4, 0.5) is 10.5 Å². The molecule has 0 aliphatic rings. The monoisotopic (exact) mass is 182 g/mol. The van der Waals surface area contributed by atoms with Crippen LogP contribution in [0.2, 0.25) is 0 Å². The van der Waals surface area contributed by atoms with Crippen molar-refractivity contribution in [1.29, 1.82) is 0 Å². The van der Waals surface area contributed by atoms with Gasteiger partial charge in [-0.15, -0.1) is 0 Å². The van der Waals surface area contributed by atoms with Gasteiger partial charge < -0.3 is 20.9 Å². The minimum Gasteiger partial charge on any atom is -0.504 e. The number of methoxy groups -OCH3 is 1. The van der Waals surface area contributed by atoms with Gasteiger partial charge in [-0.3, -0.25) is 0 Å². The number of primary amides is 1. The minimum absolute atomic E-state index is 0.0475. The SMILES string of the molecule is COc1ccc(NC(N)=O)cc1O. The topological polar surface area (TPSA) is 84.6 Å². The van der Waals surface area contributed by atoms with E-state index >= 15 is 0 Å². The van der Waals surface area contributed by atoms with Crippen LogP contribution >= 0.6 is 0 Å². The van der Waals surface area contributed by atoms with Crippen molar-refractivity contribution in [3.05, 3.63) is 18.2 Å². The number of nitrogens with one attached hydrogen (secondary N) is 1. The first kappa shape index (κ1) is 9.18. The van der Waals surface area contributed by atoms with Crippen molar-refractivity contribution in [2.75, 3.05) is 12.4 Å². The second kappa shape index (κ2) is 3.66. The van der Waals surface area contributed by atoms with Crippen LogP contribution in [0.3, 0.4) is 0 Å². The molecule has 0 heterocycles. The van der Waals surface area contributed by atoms with E-state index in [0.29, 0.717) is 11.4 Å². The summed E-state index contributed by atoms with van der Waals surface area (Å²) in [6.45, 7) is 0. The van der Waals surface area contributed by atoms with E-state index in [0.717, 1.165) is 0 Å². The lowest BCUT2D eigenvalue weighted by Crippen LogP contribution is -2.19. The molecule has 0 aliphatic heterocycles. The summed E-state index contributed by atoms with van der Waals surface area (Å²) in [6, 6.07) is 3.78. The van der Waals surface area contributed by atoms with Crippen molar-refractivity contribution in [2.24, 2.45) is 5.73 Å². The lowest BCUT2D eigenvalue weighted by Gasteiger charge is -2.05. The van der Waals surface area contributed by atoms with E-state index in [4.69, 9.17) is 10.5 Å². The zero-order valence-electron chi connectivity index (χ0n) is 7.07. The Morgan fingerprint density at radius 1 is 1.62 bits per heavy atom. The Hall–Kier alpha value is -1.91. The molecule has 4 N–H and O–H groups in total. The van der Waals surface area contributed by atoms with Gasteiger partial charge in [0.1, 0.15) is 0 Å². The summed E-state index contributed by atoms with van der Waals surface area (Å²) < 4.78 is 4.81. The summed E-state index contributed by atoms with van der Waals surface area (Å²) in [4.78, 5) is 10.4. The van der Waals surface area contributed by atoms with Crippen molar-refractivity contribution in [3.8, 4) is 11.5 Å². The van der Waals surface area contributed by atoms with Gasteiger partial charge in [0.15, 0.2) is 11.5 Å². The van der Waals surface area contributed by atoms with Crippen molar-refractivity contribution in [1.82, 2.24) is 0 Å². The third-order valence-electron chi connectivity index (χ3n) is 1.45. The number of carbonyl (C=O) groups is 1. The van der Waals surface area contributed by atoms with E-state index < -0.39 is 6.03 Å². The summed E-state index contributed by atoms with van der Waals surface area (Å²) in [5, 5.41) is 11.6. The van der Waals surface area contributed by atoms with Crippen LogP contribution in [-0.4, -0.2) is 18.2 Å². The molecule has 0 fully saturated rings. The summed E-state index contributed by atoms with van der Waals surface area (Å²) >= 11 is 0. The Kier molecular flexibility index (Phi) is 2.59. The van der Waals surface area contributed by atoms with Crippen LogP contribution in [-0.2, 0) is 0 Å². The number of nitrogens with two attached hydrogens (primary N) is 1. The van der Waals surface area contributed by atoms with Crippen LogP contribution in [0.5, 0.6) is 11.5 Å². The first-order valence-electron chi connectivity index (χ1n) is 3.57. The molecule has 0 bridgehead atoms. The van der Waals surface area contributed by atoms with E-state index in [1.165, 1.54) is 19.2 Å². The highest BCUT2D eigenvalue weighted by Crippen LogP contribution is 2.28. The molecule has 5 heteroatoms. The Morgan fingerprint density at radius 2 is 2.31 bits per heavy atom. The van der Waals surface area contributed by atoms with E-state index in [-0.39, 0.29) is 5.75 Å². The maximum absolute atomic E-state index is 10.4.